The summed E-state index contributed by atoms with van der Waals surface area (Å²) in [6.07, 6.45) is 0.734. The Hall–Kier alpha value is -1.82. The number of hydrogen-bond donors (Lipinski definition) is 2. The number of aromatic carboxylic acids is 1. The van der Waals surface area contributed by atoms with E-state index in [2.05, 4.69) is 27.8 Å². The summed E-state index contributed by atoms with van der Waals surface area (Å²) >= 11 is 3.19. The van der Waals surface area contributed by atoms with Gasteiger partial charge in [-0.3, -0.25) is 0 Å². The van der Waals surface area contributed by atoms with Gasteiger partial charge in [0.1, 0.15) is 0 Å². The number of benzene rings is 1. The van der Waals surface area contributed by atoms with Gasteiger partial charge in [-0.15, -0.1) is 0 Å². The molecule has 2 rings (SSSR count). The number of nitrogens with one attached hydrogen (secondary N) is 1. The molecule has 106 valence electrons. The molecule has 0 saturated carbocycles. The number of fused-ring (bicyclic) bond motifs is 1. The molecule has 1 aromatic rings. The molecule has 0 fully saturated rings. The van der Waals surface area contributed by atoms with Crippen molar-refractivity contribution in [2.24, 2.45) is 0 Å². The molecule has 1 aliphatic rings. The number of urea groups is 1. The Kier molecular flexibility index (Phi) is 4.44. The number of rotatable bonds is 3. The van der Waals surface area contributed by atoms with E-state index < -0.39 is 5.97 Å². The maximum Gasteiger partial charge on any atom is 0.335 e. The van der Waals surface area contributed by atoms with Crippen molar-refractivity contribution in [2.75, 3.05) is 13.1 Å². The third-order valence-electron chi connectivity index (χ3n) is 3.18. The minimum Gasteiger partial charge on any atom is -0.478 e. The summed E-state index contributed by atoms with van der Waals surface area (Å²) in [6, 6.07) is 4.90. The van der Waals surface area contributed by atoms with E-state index >= 15 is 0 Å². The maximum absolute atomic E-state index is 12.0. The number of nitrogens with zero attached hydrogens (tertiary/aromatic N) is 1. The highest BCUT2D eigenvalue weighted by atomic mass is 79.9. The van der Waals surface area contributed by atoms with E-state index in [-0.39, 0.29) is 11.6 Å². The monoisotopic (exact) mass is 338 g/mol. The average molecular weight is 339 g/mol. The fourth-order valence-corrected chi connectivity index (χ4v) is 2.29. The topological polar surface area (TPSA) is 69.6 Å². The highest BCUT2D eigenvalue weighted by molar-refractivity contribution is 9.11. The number of carbonyl (C=O) groups excluding carboxylic acids is 1. The number of amides is 2. The van der Waals surface area contributed by atoms with Crippen LogP contribution in [0.15, 0.2) is 29.3 Å². The van der Waals surface area contributed by atoms with E-state index in [4.69, 9.17) is 5.11 Å². The SMILES string of the molecule is C=C(Br)CNC(=O)N1CCc2ccc(C(=O)O)cc2C1. The summed E-state index contributed by atoms with van der Waals surface area (Å²) in [4.78, 5) is 24.6. The van der Waals surface area contributed by atoms with Crippen molar-refractivity contribution in [2.45, 2.75) is 13.0 Å². The molecule has 0 radical (unpaired) electrons. The number of carboxylic acid groups (broad SMARTS) is 1. The highest BCUT2D eigenvalue weighted by Gasteiger charge is 2.21. The molecule has 6 heteroatoms. The molecule has 20 heavy (non-hydrogen) atoms. The first-order valence-corrected chi connectivity index (χ1v) is 6.98. The smallest absolute Gasteiger partial charge is 0.335 e. The van der Waals surface area contributed by atoms with Gasteiger partial charge in [-0.1, -0.05) is 28.6 Å². The first-order chi connectivity index (χ1) is 9.47. The Morgan fingerprint density at radius 2 is 2.15 bits per heavy atom. The van der Waals surface area contributed by atoms with Crippen LogP contribution in [0.4, 0.5) is 4.79 Å². The van der Waals surface area contributed by atoms with E-state index in [9.17, 15) is 9.59 Å². The van der Waals surface area contributed by atoms with Gasteiger partial charge in [0.05, 0.1) is 12.1 Å². The van der Waals surface area contributed by atoms with Crippen LogP contribution in [-0.4, -0.2) is 35.1 Å². The Morgan fingerprint density at radius 3 is 2.80 bits per heavy atom. The van der Waals surface area contributed by atoms with Gasteiger partial charge in [-0.25, -0.2) is 9.59 Å². The van der Waals surface area contributed by atoms with Crippen LogP contribution in [0.1, 0.15) is 21.5 Å². The lowest BCUT2D eigenvalue weighted by molar-refractivity contribution is 0.0696. The summed E-state index contributed by atoms with van der Waals surface area (Å²) in [7, 11) is 0. The van der Waals surface area contributed by atoms with E-state index in [1.165, 1.54) is 0 Å². The van der Waals surface area contributed by atoms with Gasteiger partial charge in [0.2, 0.25) is 0 Å². The fourth-order valence-electron chi connectivity index (χ4n) is 2.15. The van der Waals surface area contributed by atoms with E-state index in [1.807, 2.05) is 6.07 Å². The quantitative estimate of drug-likeness (QED) is 0.888. The maximum atomic E-state index is 12.0. The molecule has 2 N–H and O–H groups in total. The Labute approximate surface area is 125 Å². The van der Waals surface area contributed by atoms with Gasteiger partial charge >= 0.3 is 12.0 Å². The van der Waals surface area contributed by atoms with Crippen molar-refractivity contribution in [1.82, 2.24) is 10.2 Å². The Balaban J connectivity index is 2.09. The largest absolute Gasteiger partial charge is 0.478 e. The molecule has 0 spiro atoms. The standard InChI is InChI=1S/C14H15BrN2O3/c1-9(15)7-16-14(20)17-5-4-10-2-3-11(13(18)19)6-12(10)8-17/h2-3,6H,1,4-5,7-8H2,(H,16,20)(H,18,19). The molecule has 2 amide bonds. The third kappa shape index (κ3) is 3.39. The molecule has 1 heterocycles. The predicted molar refractivity (Wildman–Crippen MR) is 79.0 cm³/mol. The summed E-state index contributed by atoms with van der Waals surface area (Å²) in [5.74, 6) is -0.954. The molecule has 1 aromatic carbocycles. The van der Waals surface area contributed by atoms with Crippen molar-refractivity contribution < 1.29 is 14.7 Å². The molecular formula is C14H15BrN2O3. The van der Waals surface area contributed by atoms with Gasteiger partial charge in [0.15, 0.2) is 0 Å². The molecule has 0 unspecified atom stereocenters. The second-order valence-corrected chi connectivity index (χ2v) is 5.76. The molecule has 1 aliphatic heterocycles. The number of halogens is 1. The Bertz CT molecular complexity index is 572. The second kappa shape index (κ2) is 6.09. The second-order valence-electron chi connectivity index (χ2n) is 4.64. The average Bonchev–Trinajstić information content (AvgIpc) is 2.43. The van der Waals surface area contributed by atoms with E-state index in [1.54, 1.807) is 17.0 Å². The van der Waals surface area contributed by atoms with Gasteiger partial charge in [0, 0.05) is 17.6 Å². The molecule has 0 saturated heterocycles. The zero-order valence-corrected chi connectivity index (χ0v) is 12.4. The zero-order valence-electron chi connectivity index (χ0n) is 10.9. The summed E-state index contributed by atoms with van der Waals surface area (Å²) in [5, 5.41) is 11.7. The van der Waals surface area contributed by atoms with Gasteiger partial charge in [-0.2, -0.15) is 0 Å². The first kappa shape index (κ1) is 14.6. The highest BCUT2D eigenvalue weighted by Crippen LogP contribution is 2.20. The molecule has 5 nitrogen and oxygen atoms in total. The van der Waals surface area contributed by atoms with Gasteiger partial charge in [-0.05, 0) is 29.7 Å². The minimum atomic E-state index is -0.954. The van der Waals surface area contributed by atoms with Crippen LogP contribution in [0.25, 0.3) is 0 Å². The summed E-state index contributed by atoms with van der Waals surface area (Å²) in [6.45, 7) is 5.08. The van der Waals surface area contributed by atoms with Gasteiger partial charge < -0.3 is 15.3 Å². The van der Waals surface area contributed by atoms with Crippen molar-refractivity contribution in [3.05, 3.63) is 46.0 Å². The number of carboxylic acids is 1. The van der Waals surface area contributed by atoms with Crippen LogP contribution >= 0.6 is 15.9 Å². The predicted octanol–water partition coefficient (Wildman–Crippen LogP) is 2.36. The number of carbonyl (C=O) groups is 2. The fraction of sp³-hybridized carbons (Fsp3) is 0.286. The lowest BCUT2D eigenvalue weighted by Gasteiger charge is -2.29. The summed E-state index contributed by atoms with van der Waals surface area (Å²) in [5.41, 5.74) is 2.24. The van der Waals surface area contributed by atoms with Crippen LogP contribution in [0.2, 0.25) is 0 Å². The van der Waals surface area contributed by atoms with Crippen molar-refractivity contribution in [3.63, 3.8) is 0 Å². The minimum absolute atomic E-state index is 0.169. The van der Waals surface area contributed by atoms with Crippen LogP contribution in [0.5, 0.6) is 0 Å². The molecule has 0 atom stereocenters. The van der Waals surface area contributed by atoms with Gasteiger partial charge in [0.25, 0.3) is 0 Å². The normalized spacial score (nSPS) is 13.6. The van der Waals surface area contributed by atoms with Crippen LogP contribution in [-0.2, 0) is 13.0 Å². The zero-order chi connectivity index (χ0) is 14.7. The van der Waals surface area contributed by atoms with Crippen LogP contribution in [0, 0.1) is 0 Å². The van der Waals surface area contributed by atoms with E-state index in [0.29, 0.717) is 24.1 Å². The first-order valence-electron chi connectivity index (χ1n) is 6.18. The Morgan fingerprint density at radius 1 is 1.40 bits per heavy atom. The van der Waals surface area contributed by atoms with Crippen LogP contribution in [0.3, 0.4) is 0 Å². The molecule has 0 aromatic heterocycles. The third-order valence-corrected chi connectivity index (χ3v) is 3.46. The lowest BCUT2D eigenvalue weighted by atomic mass is 9.97. The van der Waals surface area contributed by atoms with Crippen LogP contribution < -0.4 is 5.32 Å². The van der Waals surface area contributed by atoms with Crippen molar-refractivity contribution in [3.8, 4) is 0 Å². The van der Waals surface area contributed by atoms with Crippen molar-refractivity contribution >= 4 is 27.9 Å². The molecular weight excluding hydrogens is 324 g/mol. The lowest BCUT2D eigenvalue weighted by Crippen LogP contribution is -2.43. The number of hydrogen-bond acceptors (Lipinski definition) is 2. The summed E-state index contributed by atoms with van der Waals surface area (Å²) < 4.78 is 0.705. The molecule has 0 aliphatic carbocycles. The molecule has 0 bridgehead atoms. The van der Waals surface area contributed by atoms with E-state index in [0.717, 1.165) is 17.5 Å². The van der Waals surface area contributed by atoms with Crippen molar-refractivity contribution in [1.29, 1.82) is 0 Å².